The van der Waals surface area contributed by atoms with Crippen LogP contribution in [-0.4, -0.2) is 73.4 Å². The summed E-state index contributed by atoms with van der Waals surface area (Å²) in [5.41, 5.74) is 1.82. The average molecular weight is 511 g/mol. The van der Waals surface area contributed by atoms with E-state index < -0.39 is 17.1 Å². The van der Waals surface area contributed by atoms with Gasteiger partial charge in [-0.05, 0) is 60.9 Å². The van der Waals surface area contributed by atoms with Gasteiger partial charge in [-0.2, -0.15) is 0 Å². The highest BCUT2D eigenvalue weighted by atomic mass is 32.2. The molecule has 0 bridgehead atoms. The van der Waals surface area contributed by atoms with Crippen molar-refractivity contribution in [2.75, 3.05) is 35.7 Å². The van der Waals surface area contributed by atoms with Crippen LogP contribution in [0.3, 0.4) is 0 Å². The van der Waals surface area contributed by atoms with Crippen molar-refractivity contribution < 1.29 is 19.2 Å². The van der Waals surface area contributed by atoms with Crippen LogP contribution in [-0.2, 0) is 29.6 Å². The van der Waals surface area contributed by atoms with Crippen LogP contribution in [0.2, 0.25) is 0 Å². The van der Waals surface area contributed by atoms with Crippen LogP contribution in [0.4, 0.5) is 17.2 Å². The van der Waals surface area contributed by atoms with Gasteiger partial charge in [0, 0.05) is 39.1 Å². The van der Waals surface area contributed by atoms with Crippen LogP contribution in [0, 0.1) is 0 Å². The molecule has 11 heteroatoms. The molecule has 0 spiro atoms. The highest BCUT2D eigenvalue weighted by molar-refractivity contribution is 7.91. The van der Waals surface area contributed by atoms with E-state index in [-0.39, 0.29) is 11.7 Å². The number of carboxylic acid groups (broad SMARTS) is 1. The molecule has 36 heavy (non-hydrogen) atoms. The van der Waals surface area contributed by atoms with E-state index in [0.29, 0.717) is 30.5 Å². The normalized spacial score (nSPS) is 16.6. The Morgan fingerprint density at radius 2 is 2.03 bits per heavy atom. The number of benzene rings is 1. The molecule has 0 radical (unpaired) electrons. The molecular weight excluding hydrogens is 480 g/mol. The maximum Gasteiger partial charge on any atom is 0.354 e. The zero-order valence-electron chi connectivity index (χ0n) is 20.6. The number of rotatable bonds is 10. The summed E-state index contributed by atoms with van der Waals surface area (Å²) < 4.78 is 13.7. The van der Waals surface area contributed by atoms with Crippen LogP contribution in [0.1, 0.15) is 29.7 Å². The van der Waals surface area contributed by atoms with Gasteiger partial charge in [-0.25, -0.2) is 14.8 Å². The first-order valence-corrected chi connectivity index (χ1v) is 13.0. The quantitative estimate of drug-likeness (QED) is 0.327. The zero-order valence-corrected chi connectivity index (χ0v) is 21.4. The van der Waals surface area contributed by atoms with Crippen LogP contribution in [0.15, 0.2) is 53.7 Å². The average Bonchev–Trinajstić information content (AvgIpc) is 3.51. The van der Waals surface area contributed by atoms with Gasteiger partial charge in [0.25, 0.3) is 0 Å². The number of hydrogen-bond acceptors (Lipinski definition) is 7. The van der Waals surface area contributed by atoms with Crippen molar-refractivity contribution in [1.29, 1.82) is 0 Å². The van der Waals surface area contributed by atoms with E-state index in [4.69, 9.17) is 0 Å². The Kier molecular flexibility index (Phi) is 7.92. The number of imidazole rings is 1. The summed E-state index contributed by atoms with van der Waals surface area (Å²) in [5.74, 6) is 0.780. The molecule has 1 aromatic carbocycles. The number of pyridine rings is 1. The van der Waals surface area contributed by atoms with Crippen LogP contribution in [0.25, 0.3) is 0 Å². The Morgan fingerprint density at radius 1 is 1.28 bits per heavy atom. The van der Waals surface area contributed by atoms with Gasteiger partial charge in [0.2, 0.25) is 6.41 Å². The molecule has 1 aliphatic rings. The lowest BCUT2D eigenvalue weighted by Crippen LogP contribution is -2.38. The van der Waals surface area contributed by atoms with Crippen LogP contribution >= 0.6 is 0 Å². The highest BCUT2D eigenvalue weighted by Gasteiger charge is 2.31. The molecule has 1 aliphatic heterocycles. The van der Waals surface area contributed by atoms with Crippen LogP contribution < -0.4 is 9.80 Å². The molecule has 3 aromatic rings. The van der Waals surface area contributed by atoms with Gasteiger partial charge in [-0.15, -0.1) is 0 Å². The number of nitrogens with zero attached hydrogens (tertiary/aromatic N) is 6. The number of hydrogen-bond donors (Lipinski definition) is 1. The third kappa shape index (κ3) is 5.23. The molecule has 1 amide bonds. The molecule has 3 heterocycles. The largest absolute Gasteiger partial charge is 0.611 e. The maximum absolute atomic E-state index is 12.3. The second-order valence-electron chi connectivity index (χ2n) is 8.65. The molecule has 190 valence electrons. The second-order valence-corrected chi connectivity index (χ2v) is 10.4. The minimum Gasteiger partial charge on any atom is -0.611 e. The van der Waals surface area contributed by atoms with E-state index in [1.165, 1.54) is 6.20 Å². The van der Waals surface area contributed by atoms with Crippen molar-refractivity contribution in [3.05, 3.63) is 60.3 Å². The fourth-order valence-electron chi connectivity index (χ4n) is 4.46. The standard InChI is InChI=1S/C25H30N6O4S/c1-4-36(35)20-9-7-18(8-10-20)28(2)21-6-5-12-26-24(21)31(17-32)19-11-13-30(15-19)16-23-27-14-22(25(33)34)29(23)3/h5-10,12,14,17,19H,4,11,13,15-16H2,1-3H3,(H,33,34). The van der Waals surface area contributed by atoms with Crippen molar-refractivity contribution in [2.45, 2.75) is 30.8 Å². The molecule has 10 nitrogen and oxygen atoms in total. The fourth-order valence-corrected chi connectivity index (χ4v) is 5.23. The molecule has 1 saturated heterocycles. The Labute approximate surface area is 213 Å². The summed E-state index contributed by atoms with van der Waals surface area (Å²) >= 11 is -1.02. The number of anilines is 3. The molecule has 1 fully saturated rings. The van der Waals surface area contributed by atoms with Gasteiger partial charge in [-0.3, -0.25) is 14.6 Å². The van der Waals surface area contributed by atoms with E-state index >= 15 is 0 Å². The lowest BCUT2D eigenvalue weighted by molar-refractivity contribution is -0.107. The number of aromatic nitrogens is 3. The lowest BCUT2D eigenvalue weighted by Gasteiger charge is -2.29. The number of likely N-dealkylation sites (tertiary alicyclic amines) is 1. The van der Waals surface area contributed by atoms with E-state index in [9.17, 15) is 19.2 Å². The summed E-state index contributed by atoms with van der Waals surface area (Å²) in [6, 6.07) is 11.2. The van der Waals surface area contributed by atoms with Gasteiger partial charge in [0.1, 0.15) is 17.3 Å². The molecule has 4 rings (SSSR count). The minimum atomic E-state index is -1.02. The number of aromatic carboxylic acids is 1. The maximum atomic E-state index is 12.3. The van der Waals surface area contributed by atoms with E-state index in [2.05, 4.69) is 14.9 Å². The number of carboxylic acids is 1. The second kappa shape index (κ2) is 11.1. The fraction of sp³-hybridized carbons (Fsp3) is 0.360. The predicted molar refractivity (Wildman–Crippen MR) is 138 cm³/mol. The van der Waals surface area contributed by atoms with E-state index in [0.717, 1.165) is 35.6 Å². The van der Waals surface area contributed by atoms with Gasteiger partial charge < -0.3 is 19.1 Å². The highest BCUT2D eigenvalue weighted by Crippen LogP contribution is 2.34. The molecule has 1 N–H and O–H groups in total. The van der Waals surface area contributed by atoms with Crippen molar-refractivity contribution >= 4 is 40.7 Å². The molecule has 2 aromatic heterocycles. The lowest BCUT2D eigenvalue weighted by atomic mass is 10.2. The smallest absolute Gasteiger partial charge is 0.354 e. The monoisotopic (exact) mass is 510 g/mol. The zero-order chi connectivity index (χ0) is 25.8. The van der Waals surface area contributed by atoms with Gasteiger partial charge in [-0.1, -0.05) is 0 Å². The number of amides is 1. The van der Waals surface area contributed by atoms with Gasteiger partial charge in [0.05, 0.1) is 24.5 Å². The number of carbonyl (C=O) groups excluding carboxylic acids is 1. The first kappa shape index (κ1) is 25.7. The SMILES string of the molecule is CC[S+]([O-])c1ccc(N(C)c2cccnc2N(C=O)C2CCN(Cc3ncc(C(=O)O)n3C)C2)cc1. The molecule has 0 aliphatic carbocycles. The summed E-state index contributed by atoms with van der Waals surface area (Å²) in [6.45, 7) is 3.75. The van der Waals surface area contributed by atoms with Crippen molar-refractivity contribution in [1.82, 2.24) is 19.4 Å². The molecule has 2 atom stereocenters. The molecular formula is C25H30N6O4S. The third-order valence-corrected chi connectivity index (χ3v) is 7.87. The third-order valence-electron chi connectivity index (χ3n) is 6.54. The Balaban J connectivity index is 1.51. The van der Waals surface area contributed by atoms with Gasteiger partial charge >= 0.3 is 5.97 Å². The van der Waals surface area contributed by atoms with E-state index in [1.807, 2.05) is 55.3 Å². The Morgan fingerprint density at radius 3 is 2.67 bits per heavy atom. The van der Waals surface area contributed by atoms with Crippen LogP contribution in [0.5, 0.6) is 0 Å². The topological polar surface area (TPSA) is 118 Å². The van der Waals surface area contributed by atoms with Crippen molar-refractivity contribution in [2.24, 2.45) is 7.05 Å². The summed E-state index contributed by atoms with van der Waals surface area (Å²) in [7, 11) is 3.61. The summed E-state index contributed by atoms with van der Waals surface area (Å²) in [5, 5.41) is 9.27. The molecule has 2 unspecified atom stereocenters. The first-order valence-electron chi connectivity index (χ1n) is 11.7. The Hall–Kier alpha value is -3.41. The summed E-state index contributed by atoms with van der Waals surface area (Å²) in [4.78, 5) is 39.0. The molecule has 0 saturated carbocycles. The number of carbonyl (C=O) groups is 2. The Bertz CT molecular complexity index is 1220. The first-order chi connectivity index (χ1) is 17.3. The predicted octanol–water partition coefficient (Wildman–Crippen LogP) is 2.65. The minimum absolute atomic E-state index is 0.0851. The van der Waals surface area contributed by atoms with Gasteiger partial charge in [0.15, 0.2) is 10.7 Å². The summed E-state index contributed by atoms with van der Waals surface area (Å²) in [6.07, 6.45) is 4.62. The van der Waals surface area contributed by atoms with E-state index in [1.54, 1.807) is 22.7 Å². The van der Waals surface area contributed by atoms with Crippen molar-refractivity contribution in [3.8, 4) is 0 Å². The van der Waals surface area contributed by atoms with Crippen molar-refractivity contribution in [3.63, 3.8) is 0 Å².